The number of rotatable bonds is 5. The van der Waals surface area contributed by atoms with Crippen LogP contribution in [0.5, 0.6) is 5.75 Å². The Morgan fingerprint density at radius 1 is 1.13 bits per heavy atom. The number of fused-ring (bicyclic) bond motifs is 1. The number of H-pyrrole nitrogens is 1. The zero-order chi connectivity index (χ0) is 21.4. The van der Waals surface area contributed by atoms with Crippen LogP contribution in [-0.2, 0) is 0 Å². The van der Waals surface area contributed by atoms with E-state index in [-0.39, 0.29) is 16.6 Å². The summed E-state index contributed by atoms with van der Waals surface area (Å²) in [6, 6.07) is 16.4. The molecule has 0 radical (unpaired) electrons. The fourth-order valence-electron chi connectivity index (χ4n) is 3.21. The van der Waals surface area contributed by atoms with E-state index in [1.807, 2.05) is 42.6 Å². The van der Waals surface area contributed by atoms with Crippen LogP contribution in [0.25, 0.3) is 27.0 Å². The summed E-state index contributed by atoms with van der Waals surface area (Å²) in [4.78, 5) is 21.3. The molecule has 0 aliphatic rings. The monoisotopic (exact) mass is 448 g/mol. The number of phenols is 1. The highest BCUT2D eigenvalue weighted by Gasteiger charge is 2.19. The lowest BCUT2D eigenvalue weighted by atomic mass is 10.1. The summed E-state index contributed by atoms with van der Waals surface area (Å²) in [6.07, 6.45) is 0. The Balaban J connectivity index is 1.47. The average molecular weight is 449 g/mol. The predicted molar refractivity (Wildman–Crippen MR) is 121 cm³/mol. The van der Waals surface area contributed by atoms with Gasteiger partial charge >= 0.3 is 0 Å². The largest absolute Gasteiger partial charge is 0.508 e. The van der Waals surface area contributed by atoms with E-state index in [9.17, 15) is 9.90 Å². The lowest BCUT2D eigenvalue weighted by Crippen LogP contribution is -2.12. The Bertz CT molecular complexity index is 1410. The van der Waals surface area contributed by atoms with Crippen LogP contribution in [0.1, 0.15) is 18.0 Å². The molecule has 0 spiro atoms. The van der Waals surface area contributed by atoms with Crippen molar-refractivity contribution in [2.75, 3.05) is 0 Å². The summed E-state index contributed by atoms with van der Waals surface area (Å²) >= 11 is 2.84. The molecule has 0 fully saturated rings. The minimum atomic E-state index is -0.193. The second-order valence-corrected chi connectivity index (χ2v) is 8.96. The van der Waals surface area contributed by atoms with Gasteiger partial charge in [-0.25, -0.2) is 4.98 Å². The quantitative estimate of drug-likeness (QED) is 0.388. The molecule has 3 aromatic heterocycles. The highest BCUT2D eigenvalue weighted by Crippen LogP contribution is 2.35. The number of aromatic amines is 1. The summed E-state index contributed by atoms with van der Waals surface area (Å²) in [7, 11) is 0. The molecule has 31 heavy (non-hydrogen) atoms. The number of nitrogens with zero attached hydrogens (tertiary/aromatic N) is 5. The molecule has 1 atom stereocenters. The Labute approximate surface area is 184 Å². The van der Waals surface area contributed by atoms with Crippen LogP contribution in [0.2, 0.25) is 0 Å². The summed E-state index contributed by atoms with van der Waals surface area (Å²) in [6.45, 7) is 1.94. The Morgan fingerprint density at radius 3 is 2.68 bits per heavy atom. The molecule has 0 bridgehead atoms. The van der Waals surface area contributed by atoms with Crippen molar-refractivity contribution in [1.29, 1.82) is 0 Å². The SMILES string of the molecule is CC(Sc1nnnn1-c1ccc(O)cc1)c1nc2scc(-c3ccccc3)c2c(=O)[nH]1. The lowest BCUT2D eigenvalue weighted by Gasteiger charge is -2.10. The second kappa shape index (κ2) is 7.97. The zero-order valence-corrected chi connectivity index (χ0v) is 17.9. The molecule has 0 amide bonds. The van der Waals surface area contributed by atoms with Crippen molar-refractivity contribution in [1.82, 2.24) is 30.2 Å². The van der Waals surface area contributed by atoms with Gasteiger partial charge in [-0.3, -0.25) is 4.79 Å². The fourth-order valence-corrected chi connectivity index (χ4v) is 5.03. The van der Waals surface area contributed by atoms with Gasteiger partial charge in [0.25, 0.3) is 5.56 Å². The minimum absolute atomic E-state index is 0.161. The first-order valence-corrected chi connectivity index (χ1v) is 11.2. The van der Waals surface area contributed by atoms with Crippen molar-refractivity contribution in [3.63, 3.8) is 0 Å². The molecule has 154 valence electrons. The summed E-state index contributed by atoms with van der Waals surface area (Å²) < 4.78 is 1.58. The topological polar surface area (TPSA) is 110 Å². The fraction of sp³-hybridized carbons (Fsp3) is 0.0952. The van der Waals surface area contributed by atoms with E-state index in [0.29, 0.717) is 21.2 Å². The van der Waals surface area contributed by atoms with Crippen molar-refractivity contribution in [3.05, 3.63) is 76.2 Å². The molecule has 0 saturated carbocycles. The van der Waals surface area contributed by atoms with Gasteiger partial charge in [-0.15, -0.1) is 16.4 Å². The number of hydrogen-bond donors (Lipinski definition) is 2. The second-order valence-electron chi connectivity index (χ2n) is 6.80. The van der Waals surface area contributed by atoms with Crippen LogP contribution in [0.15, 0.2) is 69.9 Å². The van der Waals surface area contributed by atoms with Crippen LogP contribution in [-0.4, -0.2) is 35.3 Å². The van der Waals surface area contributed by atoms with Crippen molar-refractivity contribution in [2.45, 2.75) is 17.3 Å². The third-order valence-corrected chi connectivity index (χ3v) is 6.66. The van der Waals surface area contributed by atoms with Gasteiger partial charge in [-0.1, -0.05) is 42.1 Å². The molecule has 5 rings (SSSR count). The standard InChI is InChI=1S/C21H16N6O2S2/c1-12(31-21-24-25-26-27(21)14-7-9-15(28)10-8-14)18-22-19(29)17-16(11-30-20(17)23-18)13-5-3-2-4-6-13/h2-12,28H,1H3,(H,22,23,29). The molecular weight excluding hydrogens is 432 g/mol. The maximum absolute atomic E-state index is 12.9. The molecule has 5 aromatic rings. The molecule has 0 aliphatic heterocycles. The zero-order valence-electron chi connectivity index (χ0n) is 16.3. The van der Waals surface area contributed by atoms with Crippen LogP contribution < -0.4 is 5.56 Å². The molecule has 2 aromatic carbocycles. The van der Waals surface area contributed by atoms with E-state index in [2.05, 4.69) is 20.5 Å². The number of hydrogen-bond acceptors (Lipinski definition) is 8. The van der Waals surface area contributed by atoms with Crippen LogP contribution >= 0.6 is 23.1 Å². The normalized spacial score (nSPS) is 12.3. The number of tetrazole rings is 1. The van der Waals surface area contributed by atoms with Crippen LogP contribution in [0, 0.1) is 0 Å². The number of nitrogens with one attached hydrogen (secondary N) is 1. The van der Waals surface area contributed by atoms with Gasteiger partial charge in [0.2, 0.25) is 5.16 Å². The number of aromatic nitrogens is 6. The lowest BCUT2D eigenvalue weighted by molar-refractivity contribution is 0.475. The third-order valence-electron chi connectivity index (χ3n) is 4.75. The number of phenolic OH excluding ortho intramolecular Hbond substituents is 1. The van der Waals surface area contributed by atoms with Crippen molar-refractivity contribution < 1.29 is 5.11 Å². The van der Waals surface area contributed by atoms with E-state index in [1.165, 1.54) is 23.1 Å². The maximum atomic E-state index is 12.9. The Morgan fingerprint density at radius 2 is 1.90 bits per heavy atom. The molecule has 8 nitrogen and oxygen atoms in total. The van der Waals surface area contributed by atoms with Crippen molar-refractivity contribution >= 4 is 33.3 Å². The summed E-state index contributed by atoms with van der Waals surface area (Å²) in [5.74, 6) is 0.726. The summed E-state index contributed by atoms with van der Waals surface area (Å²) in [5, 5.41) is 24.3. The van der Waals surface area contributed by atoms with Gasteiger partial charge in [0.05, 0.1) is 16.3 Å². The van der Waals surface area contributed by atoms with Gasteiger partial charge < -0.3 is 10.1 Å². The molecule has 3 heterocycles. The van der Waals surface area contributed by atoms with Gasteiger partial charge in [-0.2, -0.15) is 4.68 Å². The highest BCUT2D eigenvalue weighted by molar-refractivity contribution is 7.99. The first-order chi connectivity index (χ1) is 15.1. The minimum Gasteiger partial charge on any atom is -0.508 e. The van der Waals surface area contributed by atoms with Gasteiger partial charge in [0.1, 0.15) is 16.4 Å². The van der Waals surface area contributed by atoms with E-state index in [4.69, 9.17) is 4.98 Å². The number of benzene rings is 2. The van der Waals surface area contributed by atoms with E-state index in [1.54, 1.807) is 28.9 Å². The van der Waals surface area contributed by atoms with E-state index < -0.39 is 0 Å². The predicted octanol–water partition coefficient (Wildman–Crippen LogP) is 4.19. The van der Waals surface area contributed by atoms with Crippen molar-refractivity contribution in [3.8, 4) is 22.6 Å². The summed E-state index contributed by atoms with van der Waals surface area (Å²) in [5.41, 5.74) is 2.44. The molecule has 0 saturated heterocycles. The first-order valence-electron chi connectivity index (χ1n) is 9.41. The molecule has 1 unspecified atom stereocenters. The third kappa shape index (κ3) is 3.71. The van der Waals surface area contributed by atoms with Crippen LogP contribution in [0.3, 0.4) is 0 Å². The molecule has 10 heteroatoms. The van der Waals surface area contributed by atoms with Crippen molar-refractivity contribution in [2.24, 2.45) is 0 Å². The van der Waals surface area contributed by atoms with Crippen LogP contribution in [0.4, 0.5) is 0 Å². The molecule has 0 aliphatic carbocycles. The van der Waals surface area contributed by atoms with Gasteiger partial charge in [0, 0.05) is 10.9 Å². The molecule has 2 N–H and O–H groups in total. The Kier molecular flexibility index (Phi) is 5.00. The smallest absolute Gasteiger partial charge is 0.260 e. The van der Waals surface area contributed by atoms with Gasteiger partial charge in [-0.05, 0) is 47.2 Å². The first kappa shape index (κ1) is 19.5. The van der Waals surface area contributed by atoms with Gasteiger partial charge in [0.15, 0.2) is 0 Å². The highest BCUT2D eigenvalue weighted by atomic mass is 32.2. The Hall–Kier alpha value is -3.50. The molecular formula is C21H16N6O2S2. The number of thiophene rings is 1. The van der Waals surface area contributed by atoms with E-state index >= 15 is 0 Å². The average Bonchev–Trinajstić information content (AvgIpc) is 3.42. The number of aromatic hydroxyl groups is 1. The van der Waals surface area contributed by atoms with E-state index in [0.717, 1.165) is 16.8 Å². The maximum Gasteiger partial charge on any atom is 0.260 e. The number of thioether (sulfide) groups is 1.